The Bertz CT molecular complexity index is 2120. The van der Waals surface area contributed by atoms with Crippen molar-refractivity contribution in [3.05, 3.63) is 113 Å². The summed E-state index contributed by atoms with van der Waals surface area (Å²) in [5.74, 6) is -1.36. The van der Waals surface area contributed by atoms with Crippen LogP contribution in [0.4, 0.5) is 8.78 Å². The maximum atomic E-state index is 16.4. The summed E-state index contributed by atoms with van der Waals surface area (Å²) in [6.45, 7) is 1.82. The van der Waals surface area contributed by atoms with Crippen molar-refractivity contribution in [1.82, 2.24) is 25.6 Å². The predicted octanol–water partition coefficient (Wildman–Crippen LogP) is 6.47. The van der Waals surface area contributed by atoms with Crippen molar-refractivity contribution in [3.8, 4) is 22.5 Å². The summed E-state index contributed by atoms with van der Waals surface area (Å²) >= 11 is 0. The summed E-state index contributed by atoms with van der Waals surface area (Å²) < 4.78 is 36.0. The molecule has 1 saturated carbocycles. The van der Waals surface area contributed by atoms with Crippen molar-refractivity contribution < 1.29 is 22.8 Å². The first-order chi connectivity index (χ1) is 21.3. The number of nitrogens with one attached hydrogen (secondary N) is 2. The zero-order valence-corrected chi connectivity index (χ0v) is 23.7. The fourth-order valence-electron chi connectivity index (χ4n) is 5.48. The topological polar surface area (TPSA) is 110 Å². The van der Waals surface area contributed by atoms with Crippen LogP contribution in [0, 0.1) is 18.6 Å². The van der Waals surface area contributed by atoms with Gasteiger partial charge < -0.3 is 15.1 Å². The molecule has 8 nitrogen and oxygen atoms in total. The van der Waals surface area contributed by atoms with Gasteiger partial charge in [-0.1, -0.05) is 6.07 Å². The van der Waals surface area contributed by atoms with Gasteiger partial charge >= 0.3 is 0 Å². The highest BCUT2D eigenvalue weighted by molar-refractivity contribution is 6.12. The molecule has 3 heterocycles. The Balaban J connectivity index is 1.27. The Morgan fingerprint density at radius 3 is 2.48 bits per heavy atom. The lowest BCUT2D eigenvalue weighted by atomic mass is 9.94. The van der Waals surface area contributed by atoms with E-state index in [0.717, 1.165) is 10.9 Å². The first-order valence-corrected chi connectivity index (χ1v) is 14.0. The number of nitrogens with zero attached hydrogens (tertiary/aromatic N) is 3. The fourth-order valence-corrected chi connectivity index (χ4v) is 5.48. The van der Waals surface area contributed by atoms with Gasteiger partial charge in [0.25, 0.3) is 11.8 Å². The van der Waals surface area contributed by atoms with E-state index in [0.29, 0.717) is 40.9 Å². The third-order valence-electron chi connectivity index (χ3n) is 8.06. The maximum absolute atomic E-state index is 16.4. The number of fused-ring (bicyclic) bond motifs is 2. The Morgan fingerprint density at radius 1 is 0.932 bits per heavy atom. The second-order valence-corrected chi connectivity index (χ2v) is 10.9. The maximum Gasteiger partial charge on any atom is 0.255 e. The molecule has 1 aliphatic carbocycles. The second kappa shape index (κ2) is 10.3. The standard InChI is InChI=1S/C34H25F2N5O3/c1-18-3-4-20(31(42)41-34(12-13-34)33-39-16-21-11-14-38-17-25(21)40-33)15-24(18)23-9-10-26-27(29(23)36)28(32(43)37-2)30(44-26)19-5-7-22(35)8-6-19/h3-11,14-17H,12-13H2,1-2H3,(H,37,43)(H,41,42). The smallest absolute Gasteiger partial charge is 0.255 e. The molecule has 0 radical (unpaired) electrons. The highest BCUT2D eigenvalue weighted by Gasteiger charge is 2.48. The Morgan fingerprint density at radius 2 is 1.73 bits per heavy atom. The molecule has 0 bridgehead atoms. The summed E-state index contributed by atoms with van der Waals surface area (Å²) in [6, 6.07) is 15.5. The number of rotatable bonds is 6. The number of aromatic nitrogens is 3. The van der Waals surface area contributed by atoms with Crippen LogP contribution in [0.25, 0.3) is 44.3 Å². The van der Waals surface area contributed by atoms with Crippen LogP contribution in [-0.2, 0) is 5.54 Å². The zero-order chi connectivity index (χ0) is 30.6. The molecule has 1 fully saturated rings. The molecule has 3 aromatic carbocycles. The lowest BCUT2D eigenvalue weighted by Gasteiger charge is -2.17. The quantitative estimate of drug-likeness (QED) is 0.230. The van der Waals surface area contributed by atoms with E-state index in [1.807, 2.05) is 13.0 Å². The molecule has 0 unspecified atom stereocenters. The molecule has 0 spiro atoms. The number of hydrogen-bond acceptors (Lipinski definition) is 6. The molecular formula is C34H25F2N5O3. The van der Waals surface area contributed by atoms with Crippen LogP contribution in [0.1, 0.15) is 44.9 Å². The molecule has 7 rings (SSSR count). The second-order valence-electron chi connectivity index (χ2n) is 10.9. The Kier molecular flexibility index (Phi) is 6.42. The van der Waals surface area contributed by atoms with Crippen LogP contribution in [-0.4, -0.2) is 33.8 Å². The minimum Gasteiger partial charge on any atom is -0.455 e. The van der Waals surface area contributed by atoms with Crippen molar-refractivity contribution in [1.29, 1.82) is 0 Å². The van der Waals surface area contributed by atoms with E-state index in [1.54, 1.807) is 48.9 Å². The number of carbonyl (C=O) groups is 2. The van der Waals surface area contributed by atoms with Crippen molar-refractivity contribution in [2.24, 2.45) is 0 Å². The number of hydrogen-bond donors (Lipinski definition) is 2. The SMILES string of the molecule is CNC(=O)c1c(-c2ccc(F)cc2)oc2ccc(-c3cc(C(=O)NC4(c5ncc6ccncc6n5)CC4)ccc3C)c(F)c12. The number of aryl methyl sites for hydroxylation is 1. The lowest BCUT2D eigenvalue weighted by molar-refractivity contribution is 0.0927. The van der Waals surface area contributed by atoms with Gasteiger partial charge in [-0.2, -0.15) is 0 Å². The minimum atomic E-state index is -0.688. The summed E-state index contributed by atoms with van der Waals surface area (Å²) in [6.07, 6.45) is 6.43. The van der Waals surface area contributed by atoms with E-state index >= 15 is 4.39 Å². The van der Waals surface area contributed by atoms with Gasteiger partial charge in [-0.05, 0) is 85.5 Å². The normalized spacial score (nSPS) is 13.6. The summed E-state index contributed by atoms with van der Waals surface area (Å²) in [7, 11) is 1.44. The van der Waals surface area contributed by atoms with Crippen molar-refractivity contribution >= 4 is 33.7 Å². The van der Waals surface area contributed by atoms with E-state index in [9.17, 15) is 14.0 Å². The molecule has 2 N–H and O–H groups in total. The van der Waals surface area contributed by atoms with Crippen LogP contribution >= 0.6 is 0 Å². The van der Waals surface area contributed by atoms with Gasteiger partial charge in [0.1, 0.15) is 28.5 Å². The van der Waals surface area contributed by atoms with Gasteiger partial charge in [0.05, 0.1) is 22.7 Å². The molecule has 10 heteroatoms. The highest BCUT2D eigenvalue weighted by atomic mass is 19.1. The monoisotopic (exact) mass is 589 g/mol. The first kappa shape index (κ1) is 27.3. The molecule has 0 saturated heterocycles. The molecule has 6 aromatic rings. The first-order valence-electron chi connectivity index (χ1n) is 14.0. The summed E-state index contributed by atoms with van der Waals surface area (Å²) in [5, 5.41) is 6.49. The molecule has 218 valence electrons. The minimum absolute atomic E-state index is 0.00118. The van der Waals surface area contributed by atoms with E-state index in [4.69, 9.17) is 4.42 Å². The van der Waals surface area contributed by atoms with Crippen LogP contribution in [0.3, 0.4) is 0 Å². The summed E-state index contributed by atoms with van der Waals surface area (Å²) in [5.41, 5.74) is 2.36. The molecule has 2 amide bonds. The number of amides is 2. The fraction of sp³-hybridized carbons (Fsp3) is 0.147. The number of carbonyl (C=O) groups excluding carboxylic acids is 2. The van der Waals surface area contributed by atoms with Crippen LogP contribution < -0.4 is 10.6 Å². The molecule has 0 atom stereocenters. The third-order valence-corrected chi connectivity index (χ3v) is 8.06. The Hall–Kier alpha value is -5.51. The van der Waals surface area contributed by atoms with Crippen molar-refractivity contribution in [2.75, 3.05) is 7.05 Å². The average molecular weight is 590 g/mol. The van der Waals surface area contributed by atoms with Crippen LogP contribution in [0.15, 0.2) is 83.7 Å². The number of pyridine rings is 1. The van der Waals surface area contributed by atoms with Gasteiger partial charge in [0.2, 0.25) is 0 Å². The zero-order valence-electron chi connectivity index (χ0n) is 23.7. The molecule has 1 aliphatic rings. The van der Waals surface area contributed by atoms with Crippen LogP contribution in [0.2, 0.25) is 0 Å². The summed E-state index contributed by atoms with van der Waals surface area (Å²) in [4.78, 5) is 39.8. The van der Waals surface area contributed by atoms with E-state index in [1.165, 1.54) is 31.3 Å². The number of halogens is 2. The average Bonchev–Trinajstić information content (AvgIpc) is 3.72. The highest BCUT2D eigenvalue weighted by Crippen LogP contribution is 2.44. The van der Waals surface area contributed by atoms with Gasteiger partial charge in [0, 0.05) is 41.5 Å². The predicted molar refractivity (Wildman–Crippen MR) is 161 cm³/mol. The van der Waals surface area contributed by atoms with Gasteiger partial charge in [-0.15, -0.1) is 0 Å². The van der Waals surface area contributed by atoms with E-state index < -0.39 is 23.1 Å². The van der Waals surface area contributed by atoms with Gasteiger partial charge in [-0.3, -0.25) is 14.6 Å². The molecule has 3 aromatic heterocycles. The van der Waals surface area contributed by atoms with Crippen LogP contribution in [0.5, 0.6) is 0 Å². The molecule has 0 aliphatic heterocycles. The van der Waals surface area contributed by atoms with Gasteiger partial charge in [0.15, 0.2) is 5.82 Å². The van der Waals surface area contributed by atoms with Crippen molar-refractivity contribution in [2.45, 2.75) is 25.3 Å². The number of furan rings is 1. The van der Waals surface area contributed by atoms with Crippen molar-refractivity contribution in [3.63, 3.8) is 0 Å². The molecule has 44 heavy (non-hydrogen) atoms. The van der Waals surface area contributed by atoms with E-state index in [2.05, 4.69) is 25.6 Å². The molecular weight excluding hydrogens is 564 g/mol. The largest absolute Gasteiger partial charge is 0.455 e. The number of benzene rings is 3. The van der Waals surface area contributed by atoms with E-state index in [-0.39, 0.29) is 33.8 Å². The lowest BCUT2D eigenvalue weighted by Crippen LogP contribution is -2.36. The third kappa shape index (κ3) is 4.55. The Labute approximate surface area is 250 Å². The van der Waals surface area contributed by atoms with Gasteiger partial charge in [-0.25, -0.2) is 18.7 Å².